The van der Waals surface area contributed by atoms with E-state index in [-0.39, 0.29) is 26.2 Å². The van der Waals surface area contributed by atoms with Gasteiger partial charge in [-0.25, -0.2) is 4.57 Å². The molecule has 6 N–H and O–H groups in total. The summed E-state index contributed by atoms with van der Waals surface area (Å²) in [7, 11) is -4.36. The molecule has 0 aliphatic rings. The molecule has 0 saturated carbocycles. The Morgan fingerprint density at radius 2 is 1.14 bits per heavy atom. The van der Waals surface area contributed by atoms with Crippen LogP contribution in [0.5, 0.6) is 0 Å². The maximum atomic E-state index is 12.7. The van der Waals surface area contributed by atoms with Crippen LogP contribution in [0.2, 0.25) is 0 Å². The van der Waals surface area contributed by atoms with Crippen LogP contribution < -0.4 is 11.1 Å². The molecule has 0 aliphatic carbocycles. The number of carbonyl (C=O) groups is 1. The van der Waals surface area contributed by atoms with E-state index in [1.54, 1.807) is 0 Å². The van der Waals surface area contributed by atoms with Gasteiger partial charge in [0.1, 0.15) is 0 Å². The van der Waals surface area contributed by atoms with Crippen molar-refractivity contribution in [3.8, 4) is 0 Å². The summed E-state index contributed by atoms with van der Waals surface area (Å²) in [6.45, 7) is 3.97. The molecule has 9 nitrogen and oxygen atoms in total. The molecule has 0 saturated heterocycles. The van der Waals surface area contributed by atoms with E-state index >= 15 is 0 Å². The fourth-order valence-corrected chi connectivity index (χ4v) is 6.73. The molecule has 4 atom stereocenters. The first-order valence-electron chi connectivity index (χ1n) is 20.5. The van der Waals surface area contributed by atoms with Gasteiger partial charge in [-0.1, -0.05) is 160 Å². The maximum absolute atomic E-state index is 12.7. The minimum absolute atomic E-state index is 0.0573. The zero-order valence-electron chi connectivity index (χ0n) is 32.3. The second-order valence-electron chi connectivity index (χ2n) is 14.0. The molecule has 0 aromatic rings. The van der Waals surface area contributed by atoms with Gasteiger partial charge < -0.3 is 26.2 Å². The number of nitrogens with one attached hydrogen (secondary N) is 1. The standard InChI is InChI=1S/C40H79N2O7P/c1-3-5-7-9-11-12-13-14-15-16-17-18-19-20-21-22-23-24-26-27-29-31-37(43)35-40(45)42-38(36-49-50(46,47)48-34-33-41)39(44)32-30-28-25-10-8-6-4-2/h17-18,20-21,37-39,43-44H,3-16,19,22-36,41H2,1-2H3,(H,42,45)(H,46,47)/b18-17-,21-20-. The van der Waals surface area contributed by atoms with E-state index in [0.717, 1.165) is 70.6 Å². The molecule has 0 bridgehead atoms. The van der Waals surface area contributed by atoms with Crippen molar-refractivity contribution in [2.24, 2.45) is 5.73 Å². The number of allylic oxidation sites excluding steroid dienone is 4. The minimum atomic E-state index is -4.36. The predicted molar refractivity (Wildman–Crippen MR) is 209 cm³/mol. The third kappa shape index (κ3) is 34.0. The molecular weight excluding hydrogens is 651 g/mol. The summed E-state index contributed by atoms with van der Waals surface area (Å²) in [5.41, 5.74) is 5.34. The molecule has 0 rings (SSSR count). The van der Waals surface area contributed by atoms with Crippen LogP contribution in [0.4, 0.5) is 0 Å². The predicted octanol–water partition coefficient (Wildman–Crippen LogP) is 9.97. The van der Waals surface area contributed by atoms with Crippen LogP contribution in [0, 0.1) is 0 Å². The molecule has 0 aliphatic heterocycles. The number of carbonyl (C=O) groups excluding carboxylic acids is 1. The van der Waals surface area contributed by atoms with Crippen LogP contribution in [-0.4, -0.2) is 59.0 Å². The fraction of sp³-hybridized carbons (Fsp3) is 0.875. The van der Waals surface area contributed by atoms with Crippen LogP contribution >= 0.6 is 7.82 Å². The lowest BCUT2D eigenvalue weighted by Gasteiger charge is -2.25. The number of amides is 1. The summed E-state index contributed by atoms with van der Waals surface area (Å²) in [5.74, 6) is -0.425. The van der Waals surface area contributed by atoms with Gasteiger partial charge in [0, 0.05) is 6.54 Å². The second-order valence-corrected chi connectivity index (χ2v) is 15.5. The molecule has 1 amide bonds. The van der Waals surface area contributed by atoms with Gasteiger partial charge in [-0.05, 0) is 44.9 Å². The lowest BCUT2D eigenvalue weighted by Crippen LogP contribution is -2.47. The Morgan fingerprint density at radius 3 is 1.64 bits per heavy atom. The maximum Gasteiger partial charge on any atom is 0.472 e. The van der Waals surface area contributed by atoms with Crippen molar-refractivity contribution in [1.29, 1.82) is 0 Å². The smallest absolute Gasteiger partial charge is 0.393 e. The van der Waals surface area contributed by atoms with E-state index in [0.29, 0.717) is 12.8 Å². The largest absolute Gasteiger partial charge is 0.472 e. The number of phosphoric acid groups is 1. The highest BCUT2D eigenvalue weighted by atomic mass is 31.2. The van der Waals surface area contributed by atoms with Gasteiger partial charge in [0.05, 0.1) is 37.9 Å². The highest BCUT2D eigenvalue weighted by molar-refractivity contribution is 7.47. The number of aliphatic hydroxyl groups excluding tert-OH is 2. The van der Waals surface area contributed by atoms with Crippen LogP contribution in [0.3, 0.4) is 0 Å². The molecular formula is C40H79N2O7P. The van der Waals surface area contributed by atoms with Crippen molar-refractivity contribution in [3.05, 3.63) is 24.3 Å². The van der Waals surface area contributed by atoms with E-state index in [2.05, 4.69) is 43.5 Å². The zero-order chi connectivity index (χ0) is 37.0. The van der Waals surface area contributed by atoms with Gasteiger partial charge in [0.25, 0.3) is 0 Å². The summed E-state index contributed by atoms with van der Waals surface area (Å²) < 4.78 is 22.0. The SMILES string of the molecule is CCCCCCCCCCC/C=C\C/C=C\CCCCCCCC(O)CC(=O)NC(COP(=O)(O)OCCN)C(O)CCCCCCCCC. The Kier molecular flexibility index (Phi) is 35.5. The average Bonchev–Trinajstić information content (AvgIpc) is 3.09. The van der Waals surface area contributed by atoms with Gasteiger partial charge in [0.15, 0.2) is 0 Å². The molecule has 0 fully saturated rings. The van der Waals surface area contributed by atoms with Crippen LogP contribution in [0.1, 0.15) is 187 Å². The van der Waals surface area contributed by atoms with E-state index in [4.69, 9.17) is 14.8 Å². The molecule has 0 aromatic carbocycles. The molecule has 0 spiro atoms. The van der Waals surface area contributed by atoms with Crippen LogP contribution in [0.25, 0.3) is 0 Å². The van der Waals surface area contributed by atoms with E-state index in [1.807, 2.05) is 0 Å². The first-order valence-corrected chi connectivity index (χ1v) is 22.0. The second kappa shape index (κ2) is 36.3. The molecule has 4 unspecified atom stereocenters. The Hall–Kier alpha value is -1.06. The van der Waals surface area contributed by atoms with Crippen LogP contribution in [0.15, 0.2) is 24.3 Å². The molecule has 10 heteroatoms. The number of hydrogen-bond acceptors (Lipinski definition) is 7. The fourth-order valence-electron chi connectivity index (χ4n) is 5.97. The molecule has 0 heterocycles. The third-order valence-corrected chi connectivity index (χ3v) is 10.1. The molecule has 0 aromatic heterocycles. The summed E-state index contributed by atoms with van der Waals surface area (Å²) in [6.07, 6.45) is 36.8. The number of unbranched alkanes of at least 4 members (excludes halogenated alkanes) is 20. The first kappa shape index (κ1) is 48.9. The van der Waals surface area contributed by atoms with Crippen molar-refractivity contribution in [2.75, 3.05) is 19.8 Å². The van der Waals surface area contributed by atoms with Gasteiger partial charge in [-0.3, -0.25) is 13.8 Å². The quantitative estimate of drug-likeness (QED) is 0.0239. The lowest BCUT2D eigenvalue weighted by atomic mass is 10.0. The van der Waals surface area contributed by atoms with Gasteiger partial charge in [0.2, 0.25) is 5.91 Å². The Bertz CT molecular complexity index is 858. The average molecular weight is 731 g/mol. The summed E-state index contributed by atoms with van der Waals surface area (Å²) in [5, 5.41) is 24.0. The molecule has 50 heavy (non-hydrogen) atoms. The number of aliphatic hydroxyl groups is 2. The zero-order valence-corrected chi connectivity index (χ0v) is 33.1. The first-order chi connectivity index (χ1) is 24.3. The molecule has 0 radical (unpaired) electrons. The number of nitrogens with two attached hydrogens (primary N) is 1. The number of phosphoric ester groups is 1. The van der Waals surface area contributed by atoms with Crippen molar-refractivity contribution in [3.63, 3.8) is 0 Å². The third-order valence-electron chi connectivity index (χ3n) is 9.11. The summed E-state index contributed by atoms with van der Waals surface area (Å²) in [4.78, 5) is 22.6. The summed E-state index contributed by atoms with van der Waals surface area (Å²) in [6, 6.07) is -0.897. The van der Waals surface area contributed by atoms with Crippen molar-refractivity contribution < 1.29 is 33.5 Å². The monoisotopic (exact) mass is 731 g/mol. The topological polar surface area (TPSA) is 151 Å². The van der Waals surface area contributed by atoms with Crippen molar-refractivity contribution in [1.82, 2.24) is 5.32 Å². The van der Waals surface area contributed by atoms with E-state index in [9.17, 15) is 24.5 Å². The van der Waals surface area contributed by atoms with E-state index in [1.165, 1.54) is 83.5 Å². The molecule has 296 valence electrons. The number of rotatable bonds is 38. The highest BCUT2D eigenvalue weighted by Crippen LogP contribution is 2.43. The van der Waals surface area contributed by atoms with Crippen molar-refractivity contribution >= 4 is 13.7 Å². The Labute approximate surface area is 307 Å². The number of hydrogen-bond donors (Lipinski definition) is 5. The normalized spacial score (nSPS) is 15.1. The van der Waals surface area contributed by atoms with Gasteiger partial charge in [-0.15, -0.1) is 0 Å². The van der Waals surface area contributed by atoms with Gasteiger partial charge >= 0.3 is 7.82 Å². The lowest BCUT2D eigenvalue weighted by molar-refractivity contribution is -0.125. The Morgan fingerprint density at radius 1 is 0.680 bits per heavy atom. The highest BCUT2D eigenvalue weighted by Gasteiger charge is 2.28. The van der Waals surface area contributed by atoms with Gasteiger partial charge in [-0.2, -0.15) is 0 Å². The Balaban J connectivity index is 4.14. The minimum Gasteiger partial charge on any atom is -0.393 e. The van der Waals surface area contributed by atoms with Crippen molar-refractivity contribution in [2.45, 2.75) is 205 Å². The van der Waals surface area contributed by atoms with Crippen LogP contribution in [-0.2, 0) is 18.4 Å². The van der Waals surface area contributed by atoms with E-state index < -0.39 is 32.0 Å². The summed E-state index contributed by atoms with van der Waals surface area (Å²) >= 11 is 0.